The van der Waals surface area contributed by atoms with Gasteiger partial charge in [-0.2, -0.15) is 13.2 Å². The molecule has 0 aliphatic heterocycles. The first-order valence-electron chi connectivity index (χ1n) is 5.87. The standard InChI is InChI=1S/C13H16F3NO2/c1-10(11-5-3-2-4-6-11)17-12(18)7-8-19-9-13(14,15)16/h2-6,10H,7-9H2,1H3,(H,17,18). The molecule has 0 radical (unpaired) electrons. The van der Waals surface area contributed by atoms with E-state index in [1.54, 1.807) is 0 Å². The lowest BCUT2D eigenvalue weighted by atomic mass is 10.1. The Bertz CT molecular complexity index is 393. The molecule has 1 atom stereocenters. The van der Waals surface area contributed by atoms with Gasteiger partial charge in [0.1, 0.15) is 6.61 Å². The molecule has 1 N–H and O–H groups in total. The summed E-state index contributed by atoms with van der Waals surface area (Å²) in [5.74, 6) is -0.335. The van der Waals surface area contributed by atoms with Crippen LogP contribution >= 0.6 is 0 Å². The van der Waals surface area contributed by atoms with E-state index in [4.69, 9.17) is 0 Å². The maximum absolute atomic E-state index is 11.8. The summed E-state index contributed by atoms with van der Waals surface area (Å²) in [6, 6.07) is 9.12. The zero-order valence-corrected chi connectivity index (χ0v) is 10.5. The molecule has 1 unspecified atom stereocenters. The summed E-state index contributed by atoms with van der Waals surface area (Å²) in [4.78, 5) is 11.5. The van der Waals surface area contributed by atoms with Gasteiger partial charge in [-0.15, -0.1) is 0 Å². The predicted octanol–water partition coefficient (Wildman–Crippen LogP) is 2.83. The van der Waals surface area contributed by atoms with Crippen LogP contribution in [0.3, 0.4) is 0 Å². The molecule has 1 rings (SSSR count). The van der Waals surface area contributed by atoms with E-state index in [0.29, 0.717) is 0 Å². The number of alkyl halides is 3. The molecule has 0 bridgehead atoms. The Morgan fingerprint density at radius 1 is 1.32 bits per heavy atom. The van der Waals surface area contributed by atoms with Gasteiger partial charge in [0.15, 0.2) is 0 Å². The summed E-state index contributed by atoms with van der Waals surface area (Å²) in [5.41, 5.74) is 0.937. The summed E-state index contributed by atoms with van der Waals surface area (Å²) < 4.78 is 39.7. The molecule has 0 fully saturated rings. The van der Waals surface area contributed by atoms with Gasteiger partial charge in [-0.05, 0) is 12.5 Å². The Hall–Kier alpha value is -1.56. The minimum atomic E-state index is -4.35. The number of carbonyl (C=O) groups is 1. The molecule has 0 saturated carbocycles. The number of rotatable bonds is 6. The maximum Gasteiger partial charge on any atom is 0.411 e. The Labute approximate surface area is 109 Å². The van der Waals surface area contributed by atoms with Crippen LogP contribution in [-0.2, 0) is 9.53 Å². The molecule has 0 saturated heterocycles. The minimum Gasteiger partial charge on any atom is -0.372 e. The third-order valence-electron chi connectivity index (χ3n) is 2.42. The molecule has 0 aliphatic carbocycles. The number of benzene rings is 1. The Morgan fingerprint density at radius 3 is 2.53 bits per heavy atom. The summed E-state index contributed by atoms with van der Waals surface area (Å²) in [6.45, 7) is 0.241. The molecule has 1 amide bonds. The van der Waals surface area contributed by atoms with Gasteiger partial charge < -0.3 is 10.1 Å². The number of hydrogen-bond acceptors (Lipinski definition) is 2. The Kier molecular flexibility index (Phi) is 5.82. The number of amides is 1. The average Bonchev–Trinajstić information content (AvgIpc) is 2.34. The van der Waals surface area contributed by atoms with Gasteiger partial charge in [0.2, 0.25) is 5.91 Å². The molecule has 0 aliphatic rings. The van der Waals surface area contributed by atoms with Crippen LogP contribution in [0.1, 0.15) is 24.9 Å². The summed E-state index contributed by atoms with van der Waals surface area (Å²) in [6.07, 6.45) is -4.44. The van der Waals surface area contributed by atoms with Crippen molar-refractivity contribution in [3.05, 3.63) is 35.9 Å². The molecule has 1 aromatic rings. The molecule has 0 aromatic heterocycles. The van der Waals surface area contributed by atoms with Crippen molar-refractivity contribution in [2.75, 3.05) is 13.2 Å². The van der Waals surface area contributed by atoms with Crippen LogP contribution in [0, 0.1) is 0 Å². The van der Waals surface area contributed by atoms with Crippen molar-refractivity contribution in [2.24, 2.45) is 0 Å². The van der Waals surface area contributed by atoms with Crippen molar-refractivity contribution < 1.29 is 22.7 Å². The second-order valence-electron chi connectivity index (χ2n) is 4.12. The lowest BCUT2D eigenvalue weighted by Gasteiger charge is -2.14. The van der Waals surface area contributed by atoms with E-state index in [1.165, 1.54) is 0 Å². The number of halogens is 3. The first kappa shape index (κ1) is 15.5. The van der Waals surface area contributed by atoms with Crippen molar-refractivity contribution in [1.29, 1.82) is 0 Å². The van der Waals surface area contributed by atoms with Gasteiger partial charge >= 0.3 is 6.18 Å². The van der Waals surface area contributed by atoms with Crippen LogP contribution in [0.15, 0.2) is 30.3 Å². The van der Waals surface area contributed by atoms with Gasteiger partial charge in [0.05, 0.1) is 12.6 Å². The summed E-state index contributed by atoms with van der Waals surface area (Å²) in [5, 5.41) is 2.69. The zero-order valence-electron chi connectivity index (χ0n) is 10.5. The lowest BCUT2D eigenvalue weighted by Crippen LogP contribution is -2.28. The molecular formula is C13H16F3NO2. The van der Waals surface area contributed by atoms with Crippen LogP contribution in [0.2, 0.25) is 0 Å². The van der Waals surface area contributed by atoms with Crippen molar-refractivity contribution >= 4 is 5.91 Å². The van der Waals surface area contributed by atoms with E-state index in [-0.39, 0.29) is 25.0 Å². The van der Waals surface area contributed by atoms with E-state index in [0.717, 1.165) is 5.56 Å². The molecule has 6 heteroatoms. The van der Waals surface area contributed by atoms with Crippen LogP contribution < -0.4 is 5.32 Å². The number of ether oxygens (including phenoxy) is 1. The highest BCUT2D eigenvalue weighted by Gasteiger charge is 2.27. The van der Waals surface area contributed by atoms with Gasteiger partial charge in [-0.1, -0.05) is 30.3 Å². The Balaban J connectivity index is 2.24. The molecule has 0 spiro atoms. The molecule has 19 heavy (non-hydrogen) atoms. The summed E-state index contributed by atoms with van der Waals surface area (Å²) >= 11 is 0. The molecular weight excluding hydrogens is 259 g/mol. The largest absolute Gasteiger partial charge is 0.411 e. The van der Waals surface area contributed by atoms with Crippen molar-refractivity contribution in [1.82, 2.24) is 5.32 Å². The quantitative estimate of drug-likeness (QED) is 0.811. The van der Waals surface area contributed by atoms with Crippen molar-refractivity contribution in [2.45, 2.75) is 25.6 Å². The third kappa shape index (κ3) is 6.81. The second-order valence-corrected chi connectivity index (χ2v) is 4.12. The van der Waals surface area contributed by atoms with Crippen LogP contribution in [0.5, 0.6) is 0 Å². The van der Waals surface area contributed by atoms with E-state index in [9.17, 15) is 18.0 Å². The smallest absolute Gasteiger partial charge is 0.372 e. The number of hydrogen-bond donors (Lipinski definition) is 1. The number of carbonyl (C=O) groups excluding carboxylic acids is 1. The lowest BCUT2D eigenvalue weighted by molar-refractivity contribution is -0.174. The van der Waals surface area contributed by atoms with Crippen LogP contribution in [0.25, 0.3) is 0 Å². The van der Waals surface area contributed by atoms with Crippen LogP contribution in [-0.4, -0.2) is 25.3 Å². The monoisotopic (exact) mass is 275 g/mol. The van der Waals surface area contributed by atoms with E-state index >= 15 is 0 Å². The van der Waals surface area contributed by atoms with Gasteiger partial charge in [0, 0.05) is 6.42 Å². The fourth-order valence-corrected chi connectivity index (χ4v) is 1.49. The Morgan fingerprint density at radius 2 is 1.95 bits per heavy atom. The topological polar surface area (TPSA) is 38.3 Å². The zero-order chi connectivity index (χ0) is 14.3. The average molecular weight is 275 g/mol. The normalized spacial score (nSPS) is 13.1. The predicted molar refractivity (Wildman–Crippen MR) is 64.5 cm³/mol. The first-order chi connectivity index (χ1) is 8.88. The molecule has 0 heterocycles. The molecule has 3 nitrogen and oxygen atoms in total. The highest BCUT2D eigenvalue weighted by atomic mass is 19.4. The fraction of sp³-hybridized carbons (Fsp3) is 0.462. The highest BCUT2D eigenvalue weighted by Crippen LogP contribution is 2.14. The second kappa shape index (κ2) is 7.13. The van der Waals surface area contributed by atoms with E-state index < -0.39 is 12.8 Å². The molecule has 1 aromatic carbocycles. The first-order valence-corrected chi connectivity index (χ1v) is 5.87. The third-order valence-corrected chi connectivity index (χ3v) is 2.42. The van der Waals surface area contributed by atoms with Gasteiger partial charge in [0.25, 0.3) is 0 Å². The van der Waals surface area contributed by atoms with Crippen molar-refractivity contribution in [3.8, 4) is 0 Å². The maximum atomic E-state index is 11.8. The number of nitrogens with one attached hydrogen (secondary N) is 1. The minimum absolute atomic E-state index is 0.0900. The highest BCUT2D eigenvalue weighted by molar-refractivity contribution is 5.76. The SMILES string of the molecule is CC(NC(=O)CCOCC(F)(F)F)c1ccccc1. The van der Waals surface area contributed by atoms with Gasteiger partial charge in [-0.25, -0.2) is 0 Å². The van der Waals surface area contributed by atoms with Gasteiger partial charge in [-0.3, -0.25) is 4.79 Å². The fourth-order valence-electron chi connectivity index (χ4n) is 1.49. The summed E-state index contributed by atoms with van der Waals surface area (Å²) in [7, 11) is 0. The molecule has 106 valence electrons. The van der Waals surface area contributed by atoms with E-state index in [2.05, 4.69) is 10.1 Å². The van der Waals surface area contributed by atoms with E-state index in [1.807, 2.05) is 37.3 Å². The van der Waals surface area contributed by atoms with Crippen LogP contribution in [0.4, 0.5) is 13.2 Å². The van der Waals surface area contributed by atoms with Crippen molar-refractivity contribution in [3.63, 3.8) is 0 Å².